The molecule has 39 heavy (non-hydrogen) atoms. The van der Waals surface area contributed by atoms with Crippen molar-refractivity contribution in [3.05, 3.63) is 64.4 Å². The molecule has 3 amide bonds. The number of hydrogen-bond acceptors (Lipinski definition) is 6. The van der Waals surface area contributed by atoms with Gasteiger partial charge in [-0.1, -0.05) is 43.3 Å². The summed E-state index contributed by atoms with van der Waals surface area (Å²) in [6.07, 6.45) is 2.24. The number of thiophene rings is 1. The lowest BCUT2D eigenvalue weighted by Crippen LogP contribution is -2.50. The normalized spacial score (nSPS) is 21.3. The summed E-state index contributed by atoms with van der Waals surface area (Å²) >= 11 is 1.42. The van der Waals surface area contributed by atoms with Crippen LogP contribution < -0.4 is 21.1 Å². The molecule has 2 aromatic carbocycles. The molecular formula is C29H33N5O4S. The molecule has 10 heteroatoms. The van der Waals surface area contributed by atoms with Gasteiger partial charge < -0.3 is 26.0 Å². The number of nitrogens with one attached hydrogen (secondary N) is 3. The summed E-state index contributed by atoms with van der Waals surface area (Å²) in [7, 11) is 0. The van der Waals surface area contributed by atoms with Gasteiger partial charge in [0.25, 0.3) is 0 Å². The number of ether oxygens (including phenoxy) is 1. The molecule has 1 aromatic heterocycles. The standard InChI is InChI=1S/C29H33N5O4S/c1-29-13-22(28(37)33-15-20-12-19(17-39-20)27(30)31)34(24(29)14-29)26(36)16-32-25(35)10-5-11-38-23-9-4-7-18-6-2-3-8-21(18)23/h2-4,6-9,12,17,22,24H,5,10-11,13-16H2,1H3,(H3,30,31)(H,32,35)(H,33,37)/t22-,24-,29+/m0/s1. The molecule has 1 saturated carbocycles. The Labute approximate surface area is 231 Å². The maximum absolute atomic E-state index is 13.1. The fourth-order valence-corrected chi connectivity index (χ4v) is 6.18. The minimum absolute atomic E-state index is 0.0104. The second kappa shape index (κ2) is 11.1. The van der Waals surface area contributed by atoms with Crippen LogP contribution in [0, 0.1) is 10.8 Å². The number of amidine groups is 1. The second-order valence-corrected chi connectivity index (χ2v) is 11.5. The van der Waals surface area contributed by atoms with E-state index in [9.17, 15) is 14.4 Å². The van der Waals surface area contributed by atoms with Gasteiger partial charge in [0.1, 0.15) is 17.6 Å². The summed E-state index contributed by atoms with van der Waals surface area (Å²) in [6, 6.07) is 15.1. The van der Waals surface area contributed by atoms with Gasteiger partial charge in [0.2, 0.25) is 17.7 Å². The Hall–Kier alpha value is -3.92. The number of fused-ring (bicyclic) bond motifs is 2. The third kappa shape index (κ3) is 5.90. The van der Waals surface area contributed by atoms with Crippen LogP contribution in [-0.2, 0) is 20.9 Å². The number of carbonyl (C=O) groups is 3. The molecule has 2 heterocycles. The number of nitrogen functional groups attached to an aromatic ring is 1. The molecule has 1 aliphatic heterocycles. The van der Waals surface area contributed by atoms with Gasteiger partial charge in [-0.05, 0) is 42.2 Å². The first-order chi connectivity index (χ1) is 18.7. The predicted octanol–water partition coefficient (Wildman–Crippen LogP) is 3.16. The van der Waals surface area contributed by atoms with Crippen molar-refractivity contribution in [2.75, 3.05) is 13.2 Å². The molecule has 0 bridgehead atoms. The van der Waals surface area contributed by atoms with Crippen molar-refractivity contribution < 1.29 is 19.1 Å². The number of nitrogens with zero attached hydrogens (tertiary/aromatic N) is 1. The first-order valence-electron chi connectivity index (χ1n) is 13.1. The highest BCUT2D eigenvalue weighted by Crippen LogP contribution is 2.59. The van der Waals surface area contributed by atoms with Crippen LogP contribution in [-0.4, -0.2) is 53.7 Å². The van der Waals surface area contributed by atoms with Crippen LogP contribution in [0.25, 0.3) is 10.8 Å². The summed E-state index contributed by atoms with van der Waals surface area (Å²) in [5, 5.41) is 17.1. The van der Waals surface area contributed by atoms with E-state index in [1.54, 1.807) is 16.3 Å². The maximum atomic E-state index is 13.1. The van der Waals surface area contributed by atoms with Crippen molar-refractivity contribution >= 4 is 45.7 Å². The Balaban J connectivity index is 1.07. The van der Waals surface area contributed by atoms with Crippen LogP contribution in [0.4, 0.5) is 0 Å². The van der Waals surface area contributed by atoms with Crippen molar-refractivity contribution in [1.29, 1.82) is 5.41 Å². The van der Waals surface area contributed by atoms with E-state index in [0.29, 0.717) is 31.6 Å². The van der Waals surface area contributed by atoms with Crippen molar-refractivity contribution in [1.82, 2.24) is 15.5 Å². The van der Waals surface area contributed by atoms with E-state index < -0.39 is 6.04 Å². The molecule has 1 aliphatic carbocycles. The quantitative estimate of drug-likeness (QED) is 0.166. The Kier molecular flexibility index (Phi) is 7.56. The van der Waals surface area contributed by atoms with E-state index in [-0.39, 0.29) is 48.0 Å². The number of amides is 3. The fraction of sp³-hybridized carbons (Fsp3) is 0.379. The molecule has 9 nitrogen and oxygen atoms in total. The fourth-order valence-electron chi connectivity index (χ4n) is 5.36. The van der Waals surface area contributed by atoms with Crippen LogP contribution in [0.2, 0.25) is 0 Å². The molecule has 3 atom stereocenters. The van der Waals surface area contributed by atoms with Crippen LogP contribution in [0.3, 0.4) is 0 Å². The molecule has 0 unspecified atom stereocenters. The van der Waals surface area contributed by atoms with E-state index in [1.807, 2.05) is 42.5 Å². The molecule has 1 saturated heterocycles. The highest BCUT2D eigenvalue weighted by molar-refractivity contribution is 7.10. The zero-order valence-electron chi connectivity index (χ0n) is 21.9. The topological polar surface area (TPSA) is 138 Å². The SMILES string of the molecule is C[C@@]12C[C@@H]1N(C(=O)CNC(=O)CCCOc1cccc3ccccc13)[C@H](C(=O)NCc1cc(C(=N)N)cs1)C2. The Morgan fingerprint density at radius 2 is 1.95 bits per heavy atom. The largest absolute Gasteiger partial charge is 0.493 e. The molecule has 2 aliphatic rings. The molecule has 0 spiro atoms. The smallest absolute Gasteiger partial charge is 0.243 e. The summed E-state index contributed by atoms with van der Waals surface area (Å²) in [5.74, 6) is 0.113. The van der Waals surface area contributed by atoms with Crippen molar-refractivity contribution in [3.63, 3.8) is 0 Å². The van der Waals surface area contributed by atoms with E-state index >= 15 is 0 Å². The Morgan fingerprint density at radius 3 is 2.74 bits per heavy atom. The molecule has 0 radical (unpaired) electrons. The average molecular weight is 548 g/mol. The van der Waals surface area contributed by atoms with E-state index in [1.165, 1.54) is 11.3 Å². The van der Waals surface area contributed by atoms with E-state index in [0.717, 1.165) is 27.8 Å². The van der Waals surface area contributed by atoms with Crippen LogP contribution in [0.5, 0.6) is 5.75 Å². The maximum Gasteiger partial charge on any atom is 0.243 e. The third-order valence-electron chi connectivity index (χ3n) is 7.62. The molecule has 5 N–H and O–H groups in total. The highest BCUT2D eigenvalue weighted by atomic mass is 32.1. The summed E-state index contributed by atoms with van der Waals surface area (Å²) < 4.78 is 5.90. The number of piperidine rings is 1. The predicted molar refractivity (Wildman–Crippen MR) is 151 cm³/mol. The molecule has 5 rings (SSSR count). The van der Waals surface area contributed by atoms with Crippen molar-refractivity contribution in [2.45, 2.75) is 51.2 Å². The first-order valence-corrected chi connectivity index (χ1v) is 14.0. The molecular weight excluding hydrogens is 514 g/mol. The molecule has 204 valence electrons. The van der Waals surface area contributed by atoms with Gasteiger partial charge in [-0.2, -0.15) is 0 Å². The average Bonchev–Trinajstić information content (AvgIpc) is 3.25. The lowest BCUT2D eigenvalue weighted by Gasteiger charge is -2.27. The van der Waals surface area contributed by atoms with Crippen LogP contribution in [0.1, 0.15) is 43.0 Å². The van der Waals surface area contributed by atoms with Crippen LogP contribution in [0.15, 0.2) is 53.9 Å². The van der Waals surface area contributed by atoms with Gasteiger partial charge in [0.15, 0.2) is 0 Å². The van der Waals surface area contributed by atoms with E-state index in [4.69, 9.17) is 15.9 Å². The summed E-state index contributed by atoms with van der Waals surface area (Å²) in [6.45, 7) is 2.67. The lowest BCUT2D eigenvalue weighted by molar-refractivity contribution is -0.140. The molecule has 2 fully saturated rings. The van der Waals surface area contributed by atoms with Crippen molar-refractivity contribution in [2.24, 2.45) is 11.1 Å². The highest BCUT2D eigenvalue weighted by Gasteiger charge is 2.64. The van der Waals surface area contributed by atoms with Gasteiger partial charge in [-0.15, -0.1) is 11.3 Å². The van der Waals surface area contributed by atoms with Gasteiger partial charge in [0.05, 0.1) is 19.7 Å². The van der Waals surface area contributed by atoms with Gasteiger partial charge in [0, 0.05) is 33.7 Å². The zero-order valence-corrected chi connectivity index (χ0v) is 22.7. The third-order valence-corrected chi connectivity index (χ3v) is 8.56. The Morgan fingerprint density at radius 1 is 1.15 bits per heavy atom. The number of likely N-dealkylation sites (tertiary alicyclic amines) is 1. The Bertz CT molecular complexity index is 1420. The summed E-state index contributed by atoms with van der Waals surface area (Å²) in [5.41, 5.74) is 6.10. The lowest BCUT2D eigenvalue weighted by atomic mass is 10.0. The van der Waals surface area contributed by atoms with Gasteiger partial charge in [-0.3, -0.25) is 19.8 Å². The first kappa shape index (κ1) is 26.7. The number of nitrogens with two attached hydrogens (primary N) is 1. The second-order valence-electron chi connectivity index (χ2n) is 10.5. The number of benzene rings is 2. The monoisotopic (exact) mass is 547 g/mol. The van der Waals surface area contributed by atoms with Gasteiger partial charge in [-0.25, -0.2) is 0 Å². The minimum atomic E-state index is -0.556. The van der Waals surface area contributed by atoms with Crippen LogP contribution >= 0.6 is 11.3 Å². The number of rotatable bonds is 11. The van der Waals surface area contributed by atoms with Gasteiger partial charge >= 0.3 is 0 Å². The number of carbonyl (C=O) groups excluding carboxylic acids is 3. The van der Waals surface area contributed by atoms with Crippen molar-refractivity contribution in [3.8, 4) is 5.75 Å². The van der Waals surface area contributed by atoms with E-state index in [2.05, 4.69) is 17.6 Å². The zero-order chi connectivity index (χ0) is 27.6. The minimum Gasteiger partial charge on any atom is -0.493 e. The molecule has 3 aromatic rings. The summed E-state index contributed by atoms with van der Waals surface area (Å²) in [4.78, 5) is 41.1. The number of hydrogen-bond donors (Lipinski definition) is 4.